The zero-order chi connectivity index (χ0) is 20.4. The second-order valence-corrected chi connectivity index (χ2v) is 7.41. The molecule has 2 aliphatic heterocycles. The van der Waals surface area contributed by atoms with E-state index in [4.69, 9.17) is 9.47 Å². The van der Waals surface area contributed by atoms with E-state index < -0.39 is 6.97 Å². The maximum absolute atomic E-state index is 15.6. The van der Waals surface area contributed by atoms with Crippen LogP contribution in [0.5, 0.6) is 11.5 Å². The summed E-state index contributed by atoms with van der Waals surface area (Å²) in [6, 6.07) is 7.38. The van der Waals surface area contributed by atoms with Crippen LogP contribution in [0.25, 0.3) is 5.57 Å². The predicted molar refractivity (Wildman–Crippen MR) is 108 cm³/mol. The van der Waals surface area contributed by atoms with Gasteiger partial charge in [-0.15, -0.1) is 0 Å². The maximum atomic E-state index is 15.6. The highest BCUT2D eigenvalue weighted by molar-refractivity contribution is 6.58. The molecule has 0 bridgehead atoms. The Labute approximate surface area is 163 Å². The van der Waals surface area contributed by atoms with Gasteiger partial charge >= 0.3 is 6.97 Å². The molecule has 0 saturated heterocycles. The number of aromatic nitrogens is 1. The number of hydrogen-bond donors (Lipinski definition) is 0. The van der Waals surface area contributed by atoms with E-state index in [0.29, 0.717) is 34.3 Å². The van der Waals surface area contributed by atoms with Gasteiger partial charge < -0.3 is 27.1 Å². The number of benzene rings is 1. The van der Waals surface area contributed by atoms with Crippen LogP contribution in [0.15, 0.2) is 41.6 Å². The number of methoxy groups -OCH3 is 2. The second-order valence-electron chi connectivity index (χ2n) is 7.41. The SMILES string of the molecule is COc1ccc(C2=C3C(C)=CC(C)=[N+]3[B-](F)(F)n3c(C)cc(C)c32)cc1OC. The van der Waals surface area contributed by atoms with Crippen LogP contribution in [-0.2, 0) is 0 Å². The van der Waals surface area contributed by atoms with Crippen LogP contribution in [0.4, 0.5) is 8.63 Å². The lowest BCUT2D eigenvalue weighted by molar-refractivity contribution is -0.363. The third-order valence-corrected chi connectivity index (χ3v) is 5.61. The first-order chi connectivity index (χ1) is 13.2. The Morgan fingerprint density at radius 1 is 0.964 bits per heavy atom. The van der Waals surface area contributed by atoms with Crippen molar-refractivity contribution in [3.63, 3.8) is 0 Å². The summed E-state index contributed by atoms with van der Waals surface area (Å²) < 4.78 is 44.4. The van der Waals surface area contributed by atoms with Gasteiger partial charge in [0, 0.05) is 24.3 Å². The lowest BCUT2D eigenvalue weighted by atomic mass is 9.84. The Bertz CT molecular complexity index is 1110. The summed E-state index contributed by atoms with van der Waals surface area (Å²) in [5, 5.41) is 0. The van der Waals surface area contributed by atoms with Gasteiger partial charge in [0.2, 0.25) is 0 Å². The van der Waals surface area contributed by atoms with Crippen LogP contribution >= 0.6 is 0 Å². The summed E-state index contributed by atoms with van der Waals surface area (Å²) in [5.74, 6) is 1.17. The van der Waals surface area contributed by atoms with Crippen LogP contribution in [-0.4, -0.2) is 35.9 Å². The van der Waals surface area contributed by atoms with Crippen molar-refractivity contribution in [3.05, 3.63) is 64.1 Å². The Morgan fingerprint density at radius 2 is 1.64 bits per heavy atom. The molecule has 0 radical (unpaired) electrons. The van der Waals surface area contributed by atoms with Gasteiger partial charge in [0.15, 0.2) is 17.2 Å². The Balaban J connectivity index is 2.12. The van der Waals surface area contributed by atoms with Gasteiger partial charge in [-0.25, -0.2) is 0 Å². The van der Waals surface area contributed by atoms with Crippen LogP contribution < -0.4 is 9.47 Å². The highest BCUT2D eigenvalue weighted by Gasteiger charge is 2.55. The molecule has 1 aromatic carbocycles. The van der Waals surface area contributed by atoms with Crippen molar-refractivity contribution in [1.82, 2.24) is 4.48 Å². The number of nitrogens with zero attached hydrogens (tertiary/aromatic N) is 2. The van der Waals surface area contributed by atoms with Crippen molar-refractivity contribution in [2.75, 3.05) is 14.2 Å². The molecule has 146 valence electrons. The molecule has 0 spiro atoms. The van der Waals surface area contributed by atoms with Crippen molar-refractivity contribution in [2.45, 2.75) is 27.7 Å². The molecule has 0 aliphatic carbocycles. The molecule has 7 heteroatoms. The molecule has 28 heavy (non-hydrogen) atoms. The summed E-state index contributed by atoms with van der Waals surface area (Å²) >= 11 is 0. The number of halogens is 2. The van der Waals surface area contributed by atoms with Gasteiger partial charge in [0.05, 0.1) is 19.8 Å². The summed E-state index contributed by atoms with van der Waals surface area (Å²) in [4.78, 5) is 0. The fraction of sp³-hybridized carbons (Fsp3) is 0.286. The van der Waals surface area contributed by atoms with Gasteiger partial charge in [0.25, 0.3) is 0 Å². The van der Waals surface area contributed by atoms with Gasteiger partial charge in [-0.3, -0.25) is 0 Å². The highest BCUT2D eigenvalue weighted by atomic mass is 19.2. The Morgan fingerprint density at radius 3 is 2.29 bits per heavy atom. The first-order valence-electron chi connectivity index (χ1n) is 9.21. The van der Waals surface area contributed by atoms with Gasteiger partial charge in [-0.2, -0.15) is 0 Å². The number of rotatable bonds is 3. The second kappa shape index (κ2) is 6.09. The van der Waals surface area contributed by atoms with E-state index >= 15 is 8.63 Å². The topological polar surface area (TPSA) is 26.4 Å². The van der Waals surface area contributed by atoms with E-state index in [1.807, 2.05) is 44.2 Å². The van der Waals surface area contributed by atoms with E-state index in [1.165, 1.54) is 8.96 Å². The molecule has 0 saturated carbocycles. The van der Waals surface area contributed by atoms with Crippen LogP contribution in [0.3, 0.4) is 0 Å². The average molecular weight is 384 g/mol. The summed E-state index contributed by atoms with van der Waals surface area (Å²) in [7, 11) is 3.15. The zero-order valence-electron chi connectivity index (χ0n) is 16.9. The summed E-state index contributed by atoms with van der Waals surface area (Å²) in [6.07, 6.45) is 1.82. The number of ether oxygens (including phenoxy) is 2. The molecule has 0 amide bonds. The minimum atomic E-state index is -3.97. The molecule has 4 rings (SSSR count). The number of aryl methyl sites for hydroxylation is 2. The first-order valence-corrected chi connectivity index (χ1v) is 9.21. The third kappa shape index (κ3) is 2.31. The van der Waals surface area contributed by atoms with Crippen molar-refractivity contribution < 1.29 is 22.6 Å². The Hall–Kier alpha value is -2.83. The largest absolute Gasteiger partial charge is 0.737 e. The molecule has 2 aliphatic rings. The molecule has 4 nitrogen and oxygen atoms in total. The normalized spacial score (nSPS) is 17.5. The molecule has 0 atom stereocenters. The van der Waals surface area contributed by atoms with Crippen molar-refractivity contribution >= 4 is 18.3 Å². The first kappa shape index (κ1) is 18.5. The number of hydrogen-bond acceptors (Lipinski definition) is 2. The molecule has 0 fully saturated rings. The smallest absolute Gasteiger partial charge is 0.493 e. The molecule has 1 aromatic heterocycles. The molecular weight excluding hydrogens is 361 g/mol. The van der Waals surface area contributed by atoms with E-state index in [1.54, 1.807) is 28.1 Å². The quantitative estimate of drug-likeness (QED) is 0.726. The minimum Gasteiger partial charge on any atom is -0.493 e. The molecular formula is C21H23BF2N2O2. The predicted octanol–water partition coefficient (Wildman–Crippen LogP) is 4.55. The average Bonchev–Trinajstić information content (AvgIpc) is 3.11. The molecule has 0 unspecified atom stereocenters. The fourth-order valence-corrected chi connectivity index (χ4v) is 4.56. The number of allylic oxidation sites excluding steroid dienone is 2. The monoisotopic (exact) mass is 384 g/mol. The molecule has 0 N–H and O–H groups in total. The summed E-state index contributed by atoms with van der Waals surface area (Å²) in [5.41, 5.74) is 5.46. The Kier molecular flexibility index (Phi) is 4.03. The fourth-order valence-electron chi connectivity index (χ4n) is 4.56. The lowest BCUT2D eigenvalue weighted by Gasteiger charge is -2.34. The molecule has 3 heterocycles. The van der Waals surface area contributed by atoms with Crippen LogP contribution in [0.1, 0.15) is 36.4 Å². The minimum absolute atomic E-state index is 0.548. The van der Waals surface area contributed by atoms with Crippen molar-refractivity contribution in [3.8, 4) is 11.5 Å². The highest BCUT2D eigenvalue weighted by Crippen LogP contribution is 2.45. The van der Waals surface area contributed by atoms with Gasteiger partial charge in [-0.1, -0.05) is 6.07 Å². The van der Waals surface area contributed by atoms with E-state index in [-0.39, 0.29) is 0 Å². The standard InChI is InChI=1S/C21H23BF2N2O2/c1-12-9-14(3)25-20(12)19(16-7-8-17(27-5)18(11-16)28-6)21-13(2)10-15(4)26(21)22(25,23)24/h7-11H,1-6H3. The van der Waals surface area contributed by atoms with Crippen molar-refractivity contribution in [2.24, 2.45) is 0 Å². The summed E-state index contributed by atoms with van der Waals surface area (Å²) in [6.45, 7) is 3.26. The van der Waals surface area contributed by atoms with E-state index in [9.17, 15) is 0 Å². The molecule has 2 aromatic rings. The maximum Gasteiger partial charge on any atom is 0.737 e. The van der Waals surface area contributed by atoms with E-state index in [2.05, 4.69) is 0 Å². The zero-order valence-corrected chi connectivity index (χ0v) is 16.9. The van der Waals surface area contributed by atoms with E-state index in [0.717, 1.165) is 22.3 Å². The van der Waals surface area contributed by atoms with Gasteiger partial charge in [0.1, 0.15) is 5.71 Å². The van der Waals surface area contributed by atoms with Gasteiger partial charge in [-0.05, 0) is 55.8 Å². The van der Waals surface area contributed by atoms with Crippen LogP contribution in [0, 0.1) is 13.8 Å². The lowest BCUT2D eigenvalue weighted by Crippen LogP contribution is -2.51. The van der Waals surface area contributed by atoms with Crippen molar-refractivity contribution in [1.29, 1.82) is 0 Å². The third-order valence-electron chi connectivity index (χ3n) is 5.61. The number of fused-ring (bicyclic) bond motifs is 2. The van der Waals surface area contributed by atoms with Crippen LogP contribution in [0.2, 0.25) is 0 Å².